The van der Waals surface area contributed by atoms with Gasteiger partial charge in [-0.15, -0.1) is 11.3 Å². The molecule has 6 heteroatoms. The van der Waals surface area contributed by atoms with Crippen molar-refractivity contribution in [2.24, 2.45) is 0 Å². The first-order valence-corrected chi connectivity index (χ1v) is 9.12. The van der Waals surface area contributed by atoms with Crippen LogP contribution in [-0.4, -0.2) is 17.6 Å². The standard InChI is InChI=1S/C19H21N3O2S/c1-3-14-6-8-15(9-7-14)19(16-5-4-10-25-16)20-12-18(23)21-17-11-13(2)24-22-17/h4-11,19-20H,3,12H2,1-2H3,(H,21,22,23)/t19-/m1/s1. The van der Waals surface area contributed by atoms with E-state index in [1.54, 1.807) is 24.3 Å². The minimum Gasteiger partial charge on any atom is -0.360 e. The highest BCUT2D eigenvalue weighted by Gasteiger charge is 2.16. The third-order valence-corrected chi connectivity index (χ3v) is 4.85. The zero-order valence-electron chi connectivity index (χ0n) is 14.3. The van der Waals surface area contributed by atoms with Crippen molar-refractivity contribution in [1.29, 1.82) is 0 Å². The fourth-order valence-electron chi connectivity index (χ4n) is 2.59. The van der Waals surface area contributed by atoms with Crippen LogP contribution in [0.15, 0.2) is 52.4 Å². The van der Waals surface area contributed by atoms with Gasteiger partial charge in [-0.3, -0.25) is 10.1 Å². The molecular formula is C19H21N3O2S. The van der Waals surface area contributed by atoms with Crippen LogP contribution in [0.25, 0.3) is 0 Å². The van der Waals surface area contributed by atoms with E-state index in [2.05, 4.69) is 53.0 Å². The Balaban J connectivity index is 1.68. The lowest BCUT2D eigenvalue weighted by Crippen LogP contribution is -2.31. The van der Waals surface area contributed by atoms with Gasteiger partial charge in [0, 0.05) is 10.9 Å². The van der Waals surface area contributed by atoms with Crippen LogP contribution >= 0.6 is 11.3 Å². The molecule has 3 rings (SSSR count). The summed E-state index contributed by atoms with van der Waals surface area (Å²) in [6.07, 6.45) is 1.01. The smallest absolute Gasteiger partial charge is 0.239 e. The Labute approximate surface area is 151 Å². The van der Waals surface area contributed by atoms with E-state index in [1.807, 2.05) is 11.4 Å². The molecule has 1 amide bonds. The van der Waals surface area contributed by atoms with E-state index in [0.29, 0.717) is 11.6 Å². The summed E-state index contributed by atoms with van der Waals surface area (Å²) in [7, 11) is 0. The number of aromatic nitrogens is 1. The Kier molecular flexibility index (Phi) is 5.63. The van der Waals surface area contributed by atoms with Gasteiger partial charge in [-0.1, -0.05) is 42.4 Å². The van der Waals surface area contributed by atoms with Crippen molar-refractivity contribution >= 4 is 23.1 Å². The van der Waals surface area contributed by atoms with Crippen molar-refractivity contribution in [1.82, 2.24) is 10.5 Å². The van der Waals surface area contributed by atoms with Crippen molar-refractivity contribution in [2.75, 3.05) is 11.9 Å². The zero-order chi connectivity index (χ0) is 17.6. The largest absolute Gasteiger partial charge is 0.360 e. The molecule has 5 nitrogen and oxygen atoms in total. The van der Waals surface area contributed by atoms with Gasteiger partial charge in [0.25, 0.3) is 0 Å². The Bertz CT molecular complexity index is 810. The van der Waals surface area contributed by atoms with Crippen molar-refractivity contribution in [3.05, 3.63) is 69.6 Å². The summed E-state index contributed by atoms with van der Waals surface area (Å²) in [5.41, 5.74) is 2.44. The lowest BCUT2D eigenvalue weighted by atomic mass is 10.0. The highest BCUT2D eigenvalue weighted by molar-refractivity contribution is 7.10. The molecule has 0 aliphatic heterocycles. The van der Waals surface area contributed by atoms with E-state index in [0.717, 1.165) is 12.0 Å². The summed E-state index contributed by atoms with van der Waals surface area (Å²) in [6.45, 7) is 4.11. The van der Waals surface area contributed by atoms with Gasteiger partial charge in [-0.05, 0) is 35.9 Å². The lowest BCUT2D eigenvalue weighted by molar-refractivity contribution is -0.115. The van der Waals surface area contributed by atoms with Crippen LogP contribution in [0.5, 0.6) is 0 Å². The number of carbonyl (C=O) groups is 1. The molecule has 0 unspecified atom stereocenters. The van der Waals surface area contributed by atoms with Crippen LogP contribution in [0.3, 0.4) is 0 Å². The minimum atomic E-state index is -0.153. The van der Waals surface area contributed by atoms with Gasteiger partial charge in [-0.25, -0.2) is 0 Å². The summed E-state index contributed by atoms with van der Waals surface area (Å²) in [4.78, 5) is 13.4. The Morgan fingerprint density at radius 1 is 1.28 bits per heavy atom. The van der Waals surface area contributed by atoms with E-state index >= 15 is 0 Å². The maximum Gasteiger partial charge on any atom is 0.239 e. The first kappa shape index (κ1) is 17.4. The quantitative estimate of drug-likeness (QED) is 0.674. The van der Waals surface area contributed by atoms with Gasteiger partial charge >= 0.3 is 0 Å². The third-order valence-electron chi connectivity index (χ3n) is 3.91. The second-order valence-electron chi connectivity index (χ2n) is 5.80. The predicted octanol–water partition coefficient (Wildman–Crippen LogP) is 3.92. The lowest BCUT2D eigenvalue weighted by Gasteiger charge is -2.18. The SMILES string of the molecule is CCc1ccc([C@@H](NCC(=O)Nc2cc(C)on2)c2cccs2)cc1. The maximum atomic E-state index is 12.2. The number of nitrogens with one attached hydrogen (secondary N) is 2. The van der Waals surface area contributed by atoms with Gasteiger partial charge in [0.05, 0.1) is 12.6 Å². The van der Waals surface area contributed by atoms with Crippen LogP contribution in [0, 0.1) is 6.92 Å². The number of hydrogen-bond acceptors (Lipinski definition) is 5. The molecule has 1 aromatic carbocycles. The molecule has 1 atom stereocenters. The number of thiophene rings is 1. The fourth-order valence-corrected chi connectivity index (χ4v) is 3.42. The fraction of sp³-hybridized carbons (Fsp3) is 0.263. The van der Waals surface area contributed by atoms with E-state index in [4.69, 9.17) is 4.52 Å². The highest BCUT2D eigenvalue weighted by Crippen LogP contribution is 2.26. The van der Waals surface area contributed by atoms with E-state index < -0.39 is 0 Å². The molecule has 0 aliphatic carbocycles. The molecule has 2 aromatic heterocycles. The molecule has 0 aliphatic rings. The number of hydrogen-bond donors (Lipinski definition) is 2. The van der Waals surface area contributed by atoms with Crippen molar-refractivity contribution in [3.8, 4) is 0 Å². The van der Waals surface area contributed by atoms with Crippen molar-refractivity contribution in [2.45, 2.75) is 26.3 Å². The van der Waals surface area contributed by atoms with Crippen LogP contribution in [0.1, 0.15) is 34.7 Å². The predicted molar refractivity (Wildman–Crippen MR) is 99.9 cm³/mol. The zero-order valence-corrected chi connectivity index (χ0v) is 15.1. The summed E-state index contributed by atoms with van der Waals surface area (Å²) in [6, 6.07) is 14.3. The number of benzene rings is 1. The first-order chi connectivity index (χ1) is 12.2. The first-order valence-electron chi connectivity index (χ1n) is 8.24. The second kappa shape index (κ2) is 8.09. The molecule has 0 bridgehead atoms. The summed E-state index contributed by atoms with van der Waals surface area (Å²) >= 11 is 1.67. The average molecular weight is 355 g/mol. The van der Waals surface area contributed by atoms with Crippen molar-refractivity contribution < 1.29 is 9.32 Å². The number of anilines is 1. The molecule has 0 saturated heterocycles. The molecule has 3 aromatic rings. The van der Waals surface area contributed by atoms with E-state index in [1.165, 1.54) is 10.4 Å². The average Bonchev–Trinajstić information content (AvgIpc) is 3.28. The molecular weight excluding hydrogens is 334 g/mol. The Morgan fingerprint density at radius 2 is 2.08 bits per heavy atom. The van der Waals surface area contributed by atoms with Crippen LogP contribution in [-0.2, 0) is 11.2 Å². The number of amides is 1. The normalized spacial score (nSPS) is 12.1. The Hall–Kier alpha value is -2.44. The third kappa shape index (κ3) is 4.55. The van der Waals surface area contributed by atoms with Crippen molar-refractivity contribution in [3.63, 3.8) is 0 Å². The highest BCUT2D eigenvalue weighted by atomic mass is 32.1. The van der Waals surface area contributed by atoms with Gasteiger partial charge in [0.15, 0.2) is 5.82 Å². The molecule has 0 saturated carbocycles. The van der Waals surface area contributed by atoms with Gasteiger partial charge < -0.3 is 9.84 Å². The van der Waals surface area contributed by atoms with Gasteiger partial charge in [-0.2, -0.15) is 0 Å². The monoisotopic (exact) mass is 355 g/mol. The van der Waals surface area contributed by atoms with Gasteiger partial charge in [0.2, 0.25) is 5.91 Å². The minimum absolute atomic E-state index is 0.0179. The van der Waals surface area contributed by atoms with E-state index in [-0.39, 0.29) is 18.5 Å². The molecule has 0 spiro atoms. The topological polar surface area (TPSA) is 67.2 Å². The molecule has 2 heterocycles. The Morgan fingerprint density at radius 3 is 2.68 bits per heavy atom. The van der Waals surface area contributed by atoms with Crippen LogP contribution < -0.4 is 10.6 Å². The number of carbonyl (C=O) groups excluding carboxylic acids is 1. The second-order valence-corrected chi connectivity index (χ2v) is 6.77. The summed E-state index contributed by atoms with van der Waals surface area (Å²) in [5, 5.41) is 11.9. The molecule has 2 N–H and O–H groups in total. The number of rotatable bonds is 7. The van der Waals surface area contributed by atoms with Crippen LogP contribution in [0.4, 0.5) is 5.82 Å². The van der Waals surface area contributed by atoms with Gasteiger partial charge in [0.1, 0.15) is 5.76 Å². The molecule has 0 fully saturated rings. The van der Waals surface area contributed by atoms with E-state index in [9.17, 15) is 4.79 Å². The van der Waals surface area contributed by atoms with Crippen LogP contribution in [0.2, 0.25) is 0 Å². The number of nitrogens with zero attached hydrogens (tertiary/aromatic N) is 1. The molecule has 0 radical (unpaired) electrons. The number of aryl methyl sites for hydroxylation is 2. The molecule has 25 heavy (non-hydrogen) atoms. The maximum absolute atomic E-state index is 12.2. The summed E-state index contributed by atoms with van der Waals surface area (Å²) in [5.74, 6) is 0.944. The summed E-state index contributed by atoms with van der Waals surface area (Å²) < 4.78 is 4.96. The molecule has 130 valence electrons.